The van der Waals surface area contributed by atoms with Crippen LogP contribution in [0.15, 0.2) is 6.07 Å². The van der Waals surface area contributed by atoms with E-state index >= 15 is 0 Å². The van der Waals surface area contributed by atoms with Crippen molar-refractivity contribution in [1.82, 2.24) is 5.32 Å². The minimum absolute atomic E-state index is 0.197. The van der Waals surface area contributed by atoms with Crippen molar-refractivity contribution in [3.8, 4) is 0 Å². The molecule has 4 nitrogen and oxygen atoms in total. The molecule has 0 saturated heterocycles. The van der Waals surface area contributed by atoms with Gasteiger partial charge >= 0.3 is 0 Å². The fraction of sp³-hybridized carbons (Fsp3) is 0.583. The number of hydrogen-bond acceptors (Lipinski definition) is 4. The Kier molecular flexibility index (Phi) is 4.15. The maximum Gasteiger partial charge on any atom is 0.261 e. The molecule has 0 unspecified atom stereocenters. The first-order valence-electron chi connectivity index (χ1n) is 5.88. The van der Waals surface area contributed by atoms with Crippen LogP contribution in [-0.2, 0) is 12.8 Å². The molecule has 0 atom stereocenters. The highest BCUT2D eigenvalue weighted by atomic mass is 32.1. The number of aryl methyl sites for hydroxylation is 2. The second kappa shape index (κ2) is 5.62. The van der Waals surface area contributed by atoms with E-state index in [-0.39, 0.29) is 19.1 Å². The normalized spacial score (nSPS) is 14.8. The Morgan fingerprint density at radius 2 is 2.06 bits per heavy atom. The molecule has 0 spiro atoms. The average Bonchev–Trinajstić information content (AvgIpc) is 2.79. The van der Waals surface area contributed by atoms with E-state index in [2.05, 4.69) is 5.32 Å². The Bertz CT molecular complexity index is 375. The molecule has 0 radical (unpaired) electrons. The number of fused-ring (bicyclic) bond motifs is 1. The molecule has 0 saturated carbocycles. The van der Waals surface area contributed by atoms with E-state index in [0.717, 1.165) is 12.8 Å². The van der Waals surface area contributed by atoms with E-state index < -0.39 is 6.04 Å². The number of thiophene rings is 1. The fourth-order valence-corrected chi connectivity index (χ4v) is 3.16. The number of rotatable bonds is 4. The molecule has 94 valence electrons. The largest absolute Gasteiger partial charge is 0.394 e. The Labute approximate surface area is 104 Å². The van der Waals surface area contributed by atoms with Crippen LogP contribution in [-0.4, -0.2) is 35.4 Å². The van der Waals surface area contributed by atoms with Crippen LogP contribution in [0.4, 0.5) is 0 Å². The van der Waals surface area contributed by atoms with E-state index in [1.165, 1.54) is 34.6 Å². The van der Waals surface area contributed by atoms with Gasteiger partial charge in [-0.1, -0.05) is 0 Å². The van der Waals surface area contributed by atoms with Crippen molar-refractivity contribution < 1.29 is 15.0 Å². The third-order valence-corrected chi connectivity index (χ3v) is 4.23. The number of aliphatic hydroxyl groups excluding tert-OH is 2. The van der Waals surface area contributed by atoms with Crippen molar-refractivity contribution in [3.05, 3.63) is 21.4 Å². The number of carbonyl (C=O) groups is 1. The van der Waals surface area contributed by atoms with E-state index in [1.807, 2.05) is 6.07 Å². The topological polar surface area (TPSA) is 69.6 Å². The zero-order chi connectivity index (χ0) is 12.3. The van der Waals surface area contributed by atoms with Gasteiger partial charge in [-0.3, -0.25) is 4.79 Å². The summed E-state index contributed by atoms with van der Waals surface area (Å²) >= 11 is 1.53. The van der Waals surface area contributed by atoms with Gasteiger partial charge in [-0.25, -0.2) is 0 Å². The summed E-state index contributed by atoms with van der Waals surface area (Å²) < 4.78 is 0. The SMILES string of the molecule is O=C(NC(CO)CO)c1cc2c(s1)CCCC2. The molecule has 0 bridgehead atoms. The zero-order valence-corrected chi connectivity index (χ0v) is 10.4. The molecule has 1 aliphatic carbocycles. The third-order valence-electron chi connectivity index (χ3n) is 3.00. The summed E-state index contributed by atoms with van der Waals surface area (Å²) in [5, 5.41) is 20.4. The van der Waals surface area contributed by atoms with E-state index in [0.29, 0.717) is 4.88 Å². The number of nitrogens with one attached hydrogen (secondary N) is 1. The van der Waals surface area contributed by atoms with Gasteiger partial charge < -0.3 is 15.5 Å². The maximum absolute atomic E-state index is 11.9. The van der Waals surface area contributed by atoms with Gasteiger partial charge in [0.2, 0.25) is 0 Å². The van der Waals surface area contributed by atoms with Gasteiger partial charge in [0.15, 0.2) is 0 Å². The lowest BCUT2D eigenvalue weighted by Gasteiger charge is -2.11. The predicted molar refractivity (Wildman–Crippen MR) is 66.4 cm³/mol. The van der Waals surface area contributed by atoms with Crippen LogP contribution in [0.1, 0.15) is 33.0 Å². The molecule has 1 aromatic rings. The van der Waals surface area contributed by atoms with Crippen LogP contribution < -0.4 is 5.32 Å². The molecule has 3 N–H and O–H groups in total. The van der Waals surface area contributed by atoms with Gasteiger partial charge in [-0.15, -0.1) is 11.3 Å². The van der Waals surface area contributed by atoms with Gasteiger partial charge in [0.1, 0.15) is 0 Å². The highest BCUT2D eigenvalue weighted by Crippen LogP contribution is 2.29. The molecule has 1 heterocycles. The van der Waals surface area contributed by atoms with E-state index in [4.69, 9.17) is 10.2 Å². The van der Waals surface area contributed by atoms with Crippen LogP contribution in [0.2, 0.25) is 0 Å². The predicted octanol–water partition coefficient (Wildman–Crippen LogP) is 0.710. The molecule has 0 fully saturated rings. The smallest absolute Gasteiger partial charge is 0.261 e. The summed E-state index contributed by atoms with van der Waals surface area (Å²) in [6.45, 7) is -0.485. The molecule has 1 aromatic heterocycles. The Balaban J connectivity index is 2.06. The molecule has 1 aliphatic rings. The van der Waals surface area contributed by atoms with Crippen LogP contribution in [0.25, 0.3) is 0 Å². The molecule has 1 amide bonds. The van der Waals surface area contributed by atoms with Gasteiger partial charge in [0.25, 0.3) is 5.91 Å². The van der Waals surface area contributed by atoms with Gasteiger partial charge in [-0.2, -0.15) is 0 Å². The summed E-state index contributed by atoms with van der Waals surface area (Å²) in [4.78, 5) is 13.9. The third kappa shape index (κ3) is 2.86. The second-order valence-corrected chi connectivity index (χ2v) is 5.44. The number of carbonyl (C=O) groups excluding carboxylic acids is 1. The standard InChI is InChI=1S/C12H17NO3S/c14-6-9(7-15)13-12(16)11-5-8-3-1-2-4-10(8)17-11/h5,9,14-15H,1-4,6-7H2,(H,13,16). The summed E-state index contributed by atoms with van der Waals surface area (Å²) in [6.07, 6.45) is 4.52. The van der Waals surface area contributed by atoms with Crippen LogP contribution in [0, 0.1) is 0 Å². The zero-order valence-electron chi connectivity index (χ0n) is 9.61. The molecule has 0 aliphatic heterocycles. The summed E-state index contributed by atoms with van der Waals surface area (Å²) in [5.74, 6) is -0.197. The Morgan fingerprint density at radius 1 is 1.35 bits per heavy atom. The maximum atomic E-state index is 11.9. The van der Waals surface area contributed by atoms with Crippen LogP contribution >= 0.6 is 11.3 Å². The van der Waals surface area contributed by atoms with Gasteiger partial charge in [0, 0.05) is 4.88 Å². The first-order valence-corrected chi connectivity index (χ1v) is 6.70. The van der Waals surface area contributed by atoms with Crippen molar-refractivity contribution in [3.63, 3.8) is 0 Å². The first-order chi connectivity index (χ1) is 8.24. The van der Waals surface area contributed by atoms with Gasteiger partial charge in [-0.05, 0) is 37.3 Å². The lowest BCUT2D eigenvalue weighted by Crippen LogP contribution is -2.39. The Morgan fingerprint density at radius 3 is 2.71 bits per heavy atom. The minimum Gasteiger partial charge on any atom is -0.394 e. The summed E-state index contributed by atoms with van der Waals surface area (Å²) in [5.41, 5.74) is 1.29. The number of hydrogen-bond donors (Lipinski definition) is 3. The highest BCUT2D eigenvalue weighted by Gasteiger charge is 2.18. The highest BCUT2D eigenvalue weighted by molar-refractivity contribution is 7.14. The minimum atomic E-state index is -0.568. The van der Waals surface area contributed by atoms with Crippen molar-refractivity contribution in [2.24, 2.45) is 0 Å². The number of aliphatic hydroxyl groups is 2. The monoisotopic (exact) mass is 255 g/mol. The van der Waals surface area contributed by atoms with Crippen LogP contribution in [0.5, 0.6) is 0 Å². The summed E-state index contributed by atoms with van der Waals surface area (Å²) in [6, 6.07) is 1.38. The Hall–Kier alpha value is -0.910. The van der Waals surface area contributed by atoms with Gasteiger partial charge in [0.05, 0.1) is 24.1 Å². The van der Waals surface area contributed by atoms with E-state index in [9.17, 15) is 4.79 Å². The molecule has 2 rings (SSSR count). The van der Waals surface area contributed by atoms with Crippen molar-refractivity contribution in [2.75, 3.05) is 13.2 Å². The lowest BCUT2D eigenvalue weighted by molar-refractivity contribution is 0.0883. The number of amides is 1. The lowest BCUT2D eigenvalue weighted by atomic mass is 9.99. The summed E-state index contributed by atoms with van der Waals surface area (Å²) in [7, 11) is 0. The average molecular weight is 255 g/mol. The fourth-order valence-electron chi connectivity index (χ4n) is 2.01. The second-order valence-electron chi connectivity index (χ2n) is 4.30. The van der Waals surface area contributed by atoms with Crippen molar-refractivity contribution >= 4 is 17.2 Å². The molecule has 5 heteroatoms. The molecular weight excluding hydrogens is 238 g/mol. The van der Waals surface area contributed by atoms with Crippen molar-refractivity contribution in [1.29, 1.82) is 0 Å². The molecular formula is C12H17NO3S. The quantitative estimate of drug-likeness (QED) is 0.742. The first kappa shape index (κ1) is 12.5. The molecule has 17 heavy (non-hydrogen) atoms. The van der Waals surface area contributed by atoms with Crippen molar-refractivity contribution in [2.45, 2.75) is 31.7 Å². The van der Waals surface area contributed by atoms with E-state index in [1.54, 1.807) is 0 Å². The van der Waals surface area contributed by atoms with Crippen LogP contribution in [0.3, 0.4) is 0 Å². The molecule has 0 aromatic carbocycles.